The van der Waals surface area contributed by atoms with Crippen molar-refractivity contribution in [2.75, 3.05) is 31.1 Å². The van der Waals surface area contributed by atoms with E-state index in [0.717, 1.165) is 19.5 Å². The highest BCUT2D eigenvalue weighted by Gasteiger charge is 2.09. The zero-order valence-electron chi connectivity index (χ0n) is 12.2. The summed E-state index contributed by atoms with van der Waals surface area (Å²) < 4.78 is 0. The van der Waals surface area contributed by atoms with Crippen molar-refractivity contribution in [3.63, 3.8) is 0 Å². The van der Waals surface area contributed by atoms with Crippen LogP contribution in [0.4, 0.5) is 0 Å². The predicted molar refractivity (Wildman–Crippen MR) is 91.7 cm³/mol. The summed E-state index contributed by atoms with van der Waals surface area (Å²) in [6.07, 6.45) is 3.09. The molecule has 1 heterocycles. The van der Waals surface area contributed by atoms with Crippen molar-refractivity contribution < 1.29 is 9.59 Å². The third-order valence-corrected chi connectivity index (χ3v) is 4.49. The van der Waals surface area contributed by atoms with Crippen LogP contribution in [0.1, 0.15) is 16.8 Å². The number of halogens is 1. The van der Waals surface area contributed by atoms with Gasteiger partial charge in [0.15, 0.2) is 5.78 Å². The maximum absolute atomic E-state index is 11.9. The molecule has 2 rings (SSSR count). The van der Waals surface area contributed by atoms with Crippen LogP contribution >= 0.6 is 23.4 Å². The van der Waals surface area contributed by atoms with Gasteiger partial charge in [0.2, 0.25) is 5.91 Å². The van der Waals surface area contributed by atoms with Crippen molar-refractivity contribution >= 4 is 35.1 Å². The van der Waals surface area contributed by atoms with Crippen LogP contribution in [0.5, 0.6) is 0 Å². The molecule has 0 spiro atoms. The van der Waals surface area contributed by atoms with E-state index in [1.807, 2.05) is 0 Å². The summed E-state index contributed by atoms with van der Waals surface area (Å²) in [5.74, 6) is 0.566. The highest BCUT2D eigenvalue weighted by molar-refractivity contribution is 8.00. The summed E-state index contributed by atoms with van der Waals surface area (Å²) in [5.41, 5.74) is 1.88. The zero-order valence-corrected chi connectivity index (χ0v) is 13.8. The second kappa shape index (κ2) is 8.98. The average Bonchev–Trinajstić information content (AvgIpc) is 2.54. The number of hydrogen-bond donors (Lipinski definition) is 2. The molecule has 0 aliphatic carbocycles. The number of thioether (sulfide) groups is 1. The lowest BCUT2D eigenvalue weighted by Crippen LogP contribution is -2.30. The number of ketones is 1. The molecule has 0 atom stereocenters. The maximum Gasteiger partial charge on any atom is 0.230 e. The van der Waals surface area contributed by atoms with E-state index in [1.54, 1.807) is 24.3 Å². The topological polar surface area (TPSA) is 58.2 Å². The molecule has 22 heavy (non-hydrogen) atoms. The molecule has 118 valence electrons. The van der Waals surface area contributed by atoms with E-state index in [2.05, 4.69) is 16.7 Å². The molecule has 1 aliphatic heterocycles. The quantitative estimate of drug-likeness (QED) is 0.591. The molecular formula is C16H19ClN2O2S. The number of benzene rings is 1. The third-order valence-electron chi connectivity index (χ3n) is 3.30. The molecule has 0 aromatic heterocycles. The molecule has 0 fully saturated rings. The van der Waals surface area contributed by atoms with Gasteiger partial charge >= 0.3 is 0 Å². The molecule has 2 N–H and O–H groups in total. The first kappa shape index (κ1) is 17.1. The van der Waals surface area contributed by atoms with Crippen molar-refractivity contribution in [3.8, 4) is 0 Å². The van der Waals surface area contributed by atoms with Gasteiger partial charge in [0, 0.05) is 23.7 Å². The number of carbonyl (C=O) groups excluding carboxylic acids is 2. The standard InChI is InChI=1S/C16H19ClN2O2S/c17-14-3-1-13(2-4-14)15(20)10-22-11-16(21)19-9-12-5-7-18-8-6-12/h1-5,18H,6-11H2,(H,19,21). The van der Waals surface area contributed by atoms with Gasteiger partial charge in [0.05, 0.1) is 11.5 Å². The fourth-order valence-electron chi connectivity index (χ4n) is 2.05. The lowest BCUT2D eigenvalue weighted by Gasteiger charge is -2.14. The molecule has 0 radical (unpaired) electrons. The Hall–Kier alpha value is -1.30. The Labute approximate surface area is 139 Å². The number of carbonyl (C=O) groups is 2. The van der Waals surface area contributed by atoms with Crippen LogP contribution in [0.2, 0.25) is 5.02 Å². The molecule has 1 aromatic rings. The van der Waals surface area contributed by atoms with Crippen LogP contribution in [0, 0.1) is 0 Å². The van der Waals surface area contributed by atoms with Crippen LogP contribution in [0.15, 0.2) is 35.9 Å². The molecular weight excluding hydrogens is 320 g/mol. The molecule has 1 aliphatic rings. The Bertz CT molecular complexity index is 558. The maximum atomic E-state index is 11.9. The number of rotatable bonds is 7. The predicted octanol–water partition coefficient (Wildman–Crippen LogP) is 2.29. The smallest absolute Gasteiger partial charge is 0.230 e. The van der Waals surface area contributed by atoms with E-state index in [9.17, 15) is 9.59 Å². The summed E-state index contributed by atoms with van der Waals surface area (Å²) in [5, 5.41) is 6.73. The number of hydrogen-bond acceptors (Lipinski definition) is 4. The Balaban J connectivity index is 1.65. The second-order valence-corrected chi connectivity index (χ2v) is 6.44. The van der Waals surface area contributed by atoms with Gasteiger partial charge < -0.3 is 10.6 Å². The lowest BCUT2D eigenvalue weighted by molar-refractivity contribution is -0.118. The highest BCUT2D eigenvalue weighted by Crippen LogP contribution is 2.12. The van der Waals surface area contributed by atoms with E-state index in [4.69, 9.17) is 11.6 Å². The van der Waals surface area contributed by atoms with Crippen LogP contribution in [-0.2, 0) is 4.79 Å². The van der Waals surface area contributed by atoms with Crippen molar-refractivity contribution in [2.45, 2.75) is 6.42 Å². The first-order valence-corrected chi connectivity index (χ1v) is 8.70. The third kappa shape index (κ3) is 5.83. The van der Waals surface area contributed by atoms with Gasteiger partial charge in [-0.15, -0.1) is 11.8 Å². The van der Waals surface area contributed by atoms with E-state index < -0.39 is 0 Å². The Morgan fingerprint density at radius 2 is 2.00 bits per heavy atom. The first-order chi connectivity index (χ1) is 10.6. The molecule has 0 unspecified atom stereocenters. The van der Waals surface area contributed by atoms with Crippen LogP contribution in [-0.4, -0.2) is 42.8 Å². The molecule has 0 bridgehead atoms. The van der Waals surface area contributed by atoms with Crippen molar-refractivity contribution in [1.82, 2.24) is 10.6 Å². The summed E-state index contributed by atoms with van der Waals surface area (Å²) in [6, 6.07) is 6.79. The summed E-state index contributed by atoms with van der Waals surface area (Å²) in [7, 11) is 0. The summed E-state index contributed by atoms with van der Waals surface area (Å²) in [4.78, 5) is 23.7. The van der Waals surface area contributed by atoms with Gasteiger partial charge in [-0.05, 0) is 37.2 Å². The molecule has 4 nitrogen and oxygen atoms in total. The van der Waals surface area contributed by atoms with Crippen molar-refractivity contribution in [1.29, 1.82) is 0 Å². The molecule has 1 aromatic carbocycles. The minimum Gasteiger partial charge on any atom is -0.352 e. The van der Waals surface area contributed by atoms with Crippen molar-refractivity contribution in [3.05, 3.63) is 46.5 Å². The van der Waals surface area contributed by atoms with E-state index in [-0.39, 0.29) is 11.7 Å². The van der Waals surface area contributed by atoms with E-state index in [1.165, 1.54) is 17.3 Å². The Morgan fingerprint density at radius 1 is 1.23 bits per heavy atom. The minimum atomic E-state index is -0.0339. The van der Waals surface area contributed by atoms with Gasteiger partial charge in [-0.3, -0.25) is 9.59 Å². The number of amides is 1. The monoisotopic (exact) mass is 338 g/mol. The average molecular weight is 339 g/mol. The Morgan fingerprint density at radius 3 is 2.68 bits per heavy atom. The summed E-state index contributed by atoms with van der Waals surface area (Å²) in [6.45, 7) is 2.44. The van der Waals surface area contributed by atoms with Gasteiger partial charge in [-0.25, -0.2) is 0 Å². The zero-order chi connectivity index (χ0) is 15.8. The Kier molecular flexibility index (Phi) is 6.96. The lowest BCUT2D eigenvalue weighted by atomic mass is 10.1. The van der Waals surface area contributed by atoms with E-state index in [0.29, 0.717) is 28.6 Å². The molecule has 0 saturated carbocycles. The first-order valence-electron chi connectivity index (χ1n) is 7.17. The van der Waals surface area contributed by atoms with Gasteiger partial charge in [0.1, 0.15) is 0 Å². The summed E-state index contributed by atoms with van der Waals surface area (Å²) >= 11 is 7.11. The second-order valence-electron chi connectivity index (χ2n) is 5.02. The van der Waals surface area contributed by atoms with E-state index >= 15 is 0 Å². The number of nitrogens with one attached hydrogen (secondary N) is 2. The largest absolute Gasteiger partial charge is 0.352 e. The molecule has 6 heteroatoms. The SMILES string of the molecule is O=C(CSCC(=O)c1ccc(Cl)cc1)NCC1=CCNCC1. The molecule has 1 amide bonds. The molecule has 0 saturated heterocycles. The van der Waals surface area contributed by atoms with Crippen LogP contribution < -0.4 is 10.6 Å². The normalized spacial score (nSPS) is 14.3. The minimum absolute atomic E-state index is 0.00975. The van der Waals surface area contributed by atoms with Gasteiger partial charge in [0.25, 0.3) is 0 Å². The number of Topliss-reactive ketones (excluding diaryl/α,β-unsaturated/α-hetero) is 1. The van der Waals surface area contributed by atoms with Gasteiger partial charge in [-0.1, -0.05) is 23.3 Å². The fourth-order valence-corrected chi connectivity index (χ4v) is 2.92. The van der Waals surface area contributed by atoms with Crippen molar-refractivity contribution in [2.24, 2.45) is 0 Å². The highest BCUT2D eigenvalue weighted by atomic mass is 35.5. The van der Waals surface area contributed by atoms with Gasteiger partial charge in [-0.2, -0.15) is 0 Å². The van der Waals surface area contributed by atoms with Crippen LogP contribution in [0.3, 0.4) is 0 Å². The fraction of sp³-hybridized carbons (Fsp3) is 0.375. The van der Waals surface area contributed by atoms with Crippen LogP contribution in [0.25, 0.3) is 0 Å².